The topological polar surface area (TPSA) is 75.6 Å². The van der Waals surface area contributed by atoms with Gasteiger partial charge in [0.2, 0.25) is 5.91 Å². The second kappa shape index (κ2) is 7.94. The van der Waals surface area contributed by atoms with Gasteiger partial charge in [-0.05, 0) is 24.1 Å². The Hall–Kier alpha value is -0.883. The molecule has 2 N–H and O–H groups in total. The van der Waals surface area contributed by atoms with Gasteiger partial charge in [0.1, 0.15) is 6.04 Å². The molecule has 0 rings (SSSR count). The van der Waals surface area contributed by atoms with Crippen molar-refractivity contribution in [2.45, 2.75) is 71.6 Å². The van der Waals surface area contributed by atoms with Crippen molar-refractivity contribution < 1.29 is 19.1 Å². The van der Waals surface area contributed by atoms with Crippen LogP contribution < -0.4 is 5.32 Å². The Bertz CT molecular complexity index is 361. The summed E-state index contributed by atoms with van der Waals surface area (Å²) in [6.45, 7) is 14.9. The highest BCUT2D eigenvalue weighted by atomic mass is 28.4. The van der Waals surface area contributed by atoms with Gasteiger partial charge in [0.25, 0.3) is 0 Å². The Labute approximate surface area is 129 Å². The van der Waals surface area contributed by atoms with Crippen LogP contribution in [0.15, 0.2) is 0 Å². The predicted octanol–water partition coefficient (Wildman–Crippen LogP) is 3.01. The quantitative estimate of drug-likeness (QED) is 0.675. The summed E-state index contributed by atoms with van der Waals surface area (Å²) in [5, 5.41) is 11.8. The van der Waals surface area contributed by atoms with Crippen LogP contribution in [0, 0.1) is 5.92 Å². The largest absolute Gasteiger partial charge is 0.480 e. The number of hydrogen-bond donors (Lipinski definition) is 2. The van der Waals surface area contributed by atoms with E-state index < -0.39 is 20.3 Å². The zero-order chi connectivity index (χ0) is 16.8. The molecule has 0 spiro atoms. The predicted molar refractivity (Wildman–Crippen MR) is 86.8 cm³/mol. The Morgan fingerprint density at radius 3 is 2.14 bits per heavy atom. The van der Waals surface area contributed by atoms with Crippen molar-refractivity contribution >= 4 is 20.2 Å². The molecule has 1 amide bonds. The lowest BCUT2D eigenvalue weighted by atomic mass is 10.1. The number of carbonyl (C=O) groups is 2. The number of rotatable bonds is 8. The molecule has 6 heteroatoms. The van der Waals surface area contributed by atoms with E-state index in [-0.39, 0.29) is 16.9 Å². The van der Waals surface area contributed by atoms with Gasteiger partial charge < -0.3 is 14.8 Å². The first-order valence-electron chi connectivity index (χ1n) is 7.53. The maximum Gasteiger partial charge on any atom is 0.326 e. The van der Waals surface area contributed by atoms with Gasteiger partial charge in [-0.2, -0.15) is 0 Å². The van der Waals surface area contributed by atoms with Gasteiger partial charge in [0, 0.05) is 19.4 Å². The number of carbonyl (C=O) groups excluding carboxylic acids is 1. The van der Waals surface area contributed by atoms with Crippen LogP contribution in [0.5, 0.6) is 0 Å². The van der Waals surface area contributed by atoms with Crippen LogP contribution in [0.4, 0.5) is 0 Å². The van der Waals surface area contributed by atoms with Crippen molar-refractivity contribution in [3.63, 3.8) is 0 Å². The maximum atomic E-state index is 11.7. The summed E-state index contributed by atoms with van der Waals surface area (Å²) in [4.78, 5) is 22.9. The molecule has 0 radical (unpaired) electrons. The SMILES string of the molecule is CC(C)CC(=O)N[C@@H](CCO[Si](C)(C)C(C)(C)C)C(=O)O. The number of carboxylic acids is 1. The molecule has 0 bridgehead atoms. The molecule has 0 aromatic carbocycles. The highest BCUT2D eigenvalue weighted by Gasteiger charge is 2.37. The zero-order valence-corrected chi connectivity index (χ0v) is 15.4. The molecule has 21 heavy (non-hydrogen) atoms. The molecule has 0 saturated heterocycles. The molecule has 0 aliphatic rings. The summed E-state index contributed by atoms with van der Waals surface area (Å²) in [5.41, 5.74) is 0. The smallest absolute Gasteiger partial charge is 0.326 e. The second-order valence-corrected chi connectivity index (χ2v) is 12.3. The summed E-state index contributed by atoms with van der Waals surface area (Å²) in [5.74, 6) is -1.02. The molecule has 124 valence electrons. The minimum absolute atomic E-state index is 0.0899. The van der Waals surface area contributed by atoms with Gasteiger partial charge in [0.05, 0.1) is 0 Å². The number of aliphatic carboxylic acids is 1. The Morgan fingerprint density at radius 1 is 1.24 bits per heavy atom. The van der Waals surface area contributed by atoms with E-state index >= 15 is 0 Å². The van der Waals surface area contributed by atoms with Gasteiger partial charge in [-0.25, -0.2) is 4.79 Å². The minimum atomic E-state index is -1.88. The van der Waals surface area contributed by atoms with Crippen LogP contribution in [0.1, 0.15) is 47.5 Å². The standard InChI is InChI=1S/C15H31NO4Si/c1-11(2)10-13(17)16-12(14(18)19)8-9-20-21(6,7)15(3,4)5/h11-12H,8-10H2,1-7H3,(H,16,17)(H,18,19)/t12-/m0/s1. The molecule has 0 aromatic heterocycles. The monoisotopic (exact) mass is 317 g/mol. The van der Waals surface area contributed by atoms with Crippen molar-refractivity contribution in [2.24, 2.45) is 5.92 Å². The van der Waals surface area contributed by atoms with Crippen LogP contribution in [0.3, 0.4) is 0 Å². The van der Waals surface area contributed by atoms with Crippen LogP contribution in [-0.4, -0.2) is 37.9 Å². The fourth-order valence-electron chi connectivity index (χ4n) is 1.53. The number of amides is 1. The normalized spacial score (nSPS) is 14.1. The summed E-state index contributed by atoms with van der Waals surface area (Å²) in [6, 6.07) is -0.874. The number of nitrogens with one attached hydrogen (secondary N) is 1. The van der Waals surface area contributed by atoms with E-state index in [1.165, 1.54) is 0 Å². The third-order valence-electron chi connectivity index (χ3n) is 3.90. The van der Waals surface area contributed by atoms with Gasteiger partial charge >= 0.3 is 5.97 Å². The molecule has 5 nitrogen and oxygen atoms in total. The lowest BCUT2D eigenvalue weighted by Gasteiger charge is -2.36. The highest BCUT2D eigenvalue weighted by Crippen LogP contribution is 2.36. The first-order valence-corrected chi connectivity index (χ1v) is 10.4. The van der Waals surface area contributed by atoms with Crippen LogP contribution >= 0.6 is 0 Å². The third-order valence-corrected chi connectivity index (χ3v) is 8.44. The molecule has 0 unspecified atom stereocenters. The zero-order valence-electron chi connectivity index (χ0n) is 14.4. The van der Waals surface area contributed by atoms with Crippen molar-refractivity contribution in [3.05, 3.63) is 0 Å². The molecule has 0 aromatic rings. The fraction of sp³-hybridized carbons (Fsp3) is 0.867. The van der Waals surface area contributed by atoms with E-state index in [2.05, 4.69) is 39.2 Å². The lowest BCUT2D eigenvalue weighted by Crippen LogP contribution is -2.44. The van der Waals surface area contributed by atoms with E-state index in [9.17, 15) is 14.7 Å². The summed E-state index contributed by atoms with van der Waals surface area (Å²) in [6.07, 6.45) is 0.637. The number of carboxylic acid groups (broad SMARTS) is 1. The average Bonchev–Trinajstić information content (AvgIpc) is 2.24. The summed E-state index contributed by atoms with van der Waals surface area (Å²) < 4.78 is 5.96. The summed E-state index contributed by atoms with van der Waals surface area (Å²) >= 11 is 0. The number of hydrogen-bond acceptors (Lipinski definition) is 3. The molecule has 0 fully saturated rings. The van der Waals surface area contributed by atoms with E-state index in [1.54, 1.807) is 0 Å². The van der Waals surface area contributed by atoms with Gasteiger partial charge in [-0.15, -0.1) is 0 Å². The van der Waals surface area contributed by atoms with Gasteiger partial charge in [-0.3, -0.25) is 4.79 Å². The molecule has 1 atom stereocenters. The average molecular weight is 318 g/mol. The van der Waals surface area contributed by atoms with Crippen molar-refractivity contribution in [1.29, 1.82) is 0 Å². The van der Waals surface area contributed by atoms with Crippen molar-refractivity contribution in [3.8, 4) is 0 Å². The minimum Gasteiger partial charge on any atom is -0.480 e. The fourth-order valence-corrected chi connectivity index (χ4v) is 2.59. The van der Waals surface area contributed by atoms with Crippen molar-refractivity contribution in [2.75, 3.05) is 6.61 Å². The molecule has 0 aliphatic carbocycles. The molecular formula is C15H31NO4Si. The molecule has 0 saturated carbocycles. The van der Waals surface area contributed by atoms with E-state index in [0.717, 1.165) is 0 Å². The molecule has 0 heterocycles. The van der Waals surface area contributed by atoms with Gasteiger partial charge in [-0.1, -0.05) is 34.6 Å². The van der Waals surface area contributed by atoms with Crippen LogP contribution in [0.2, 0.25) is 18.1 Å². The first-order chi connectivity index (χ1) is 9.36. The van der Waals surface area contributed by atoms with E-state index in [0.29, 0.717) is 19.4 Å². The molecule has 0 aliphatic heterocycles. The first kappa shape index (κ1) is 20.1. The van der Waals surface area contributed by atoms with Gasteiger partial charge in [0.15, 0.2) is 8.32 Å². The Kier molecular flexibility index (Phi) is 7.60. The highest BCUT2D eigenvalue weighted by molar-refractivity contribution is 6.74. The summed E-state index contributed by atoms with van der Waals surface area (Å²) in [7, 11) is -1.88. The Balaban J connectivity index is 4.42. The van der Waals surface area contributed by atoms with E-state index in [4.69, 9.17) is 4.43 Å². The molecular weight excluding hydrogens is 286 g/mol. The maximum absolute atomic E-state index is 11.7. The van der Waals surface area contributed by atoms with Crippen LogP contribution in [-0.2, 0) is 14.0 Å². The van der Waals surface area contributed by atoms with Crippen molar-refractivity contribution in [1.82, 2.24) is 5.32 Å². The Morgan fingerprint density at radius 2 is 1.76 bits per heavy atom. The second-order valence-electron chi connectivity index (χ2n) is 7.45. The van der Waals surface area contributed by atoms with Crippen LogP contribution in [0.25, 0.3) is 0 Å². The lowest BCUT2D eigenvalue weighted by molar-refractivity contribution is -0.142. The third kappa shape index (κ3) is 7.62. The van der Waals surface area contributed by atoms with E-state index in [1.807, 2.05) is 13.8 Å².